The Kier molecular flexibility index (Phi) is 4.19. The molecule has 4 heteroatoms. The van der Waals surface area contributed by atoms with Gasteiger partial charge in [-0.3, -0.25) is 0 Å². The van der Waals surface area contributed by atoms with Crippen LogP contribution in [0.2, 0.25) is 0 Å². The first-order valence-corrected chi connectivity index (χ1v) is 6.55. The molecule has 0 aliphatic carbocycles. The van der Waals surface area contributed by atoms with Crippen molar-refractivity contribution in [3.63, 3.8) is 0 Å². The summed E-state index contributed by atoms with van der Waals surface area (Å²) in [7, 11) is 0. The van der Waals surface area contributed by atoms with Crippen molar-refractivity contribution in [2.24, 2.45) is 11.7 Å². The van der Waals surface area contributed by atoms with Crippen molar-refractivity contribution in [3.8, 4) is 0 Å². The van der Waals surface area contributed by atoms with Crippen molar-refractivity contribution in [2.45, 2.75) is 38.1 Å². The first-order valence-electron chi connectivity index (χ1n) is 6.55. The monoisotopic (exact) mass is 227 g/mol. The van der Waals surface area contributed by atoms with E-state index >= 15 is 0 Å². The Morgan fingerprint density at radius 3 is 2.69 bits per heavy atom. The molecule has 94 valence electrons. The highest BCUT2D eigenvalue weighted by molar-refractivity contribution is 4.92. The lowest BCUT2D eigenvalue weighted by atomic mass is 9.85. The third-order valence-electron chi connectivity index (χ3n) is 4.02. The van der Waals surface area contributed by atoms with Crippen LogP contribution in [0.1, 0.15) is 32.6 Å². The largest absolute Gasteiger partial charge is 0.381 e. The van der Waals surface area contributed by atoms with E-state index in [1.807, 2.05) is 0 Å². The molecule has 0 amide bonds. The molecule has 2 aliphatic rings. The maximum Gasteiger partial charge on any atom is 0.0513 e. The van der Waals surface area contributed by atoms with E-state index in [-0.39, 0.29) is 5.54 Å². The van der Waals surface area contributed by atoms with E-state index in [0.29, 0.717) is 12.5 Å². The van der Waals surface area contributed by atoms with Gasteiger partial charge in [0.2, 0.25) is 0 Å². The highest BCUT2D eigenvalue weighted by Crippen LogP contribution is 2.26. The molecule has 16 heavy (non-hydrogen) atoms. The Labute approximate surface area is 98.5 Å². The first-order chi connectivity index (χ1) is 7.74. The Morgan fingerprint density at radius 1 is 1.38 bits per heavy atom. The number of nitrogens with two attached hydrogens (primary N) is 1. The molecular formula is C12H25N3O. The molecule has 0 aromatic heterocycles. The molecule has 0 saturated carbocycles. The molecule has 0 bridgehead atoms. The summed E-state index contributed by atoms with van der Waals surface area (Å²) < 4.78 is 5.48. The Balaban J connectivity index is 1.91. The van der Waals surface area contributed by atoms with Crippen LogP contribution in [0.25, 0.3) is 0 Å². The van der Waals surface area contributed by atoms with Gasteiger partial charge in [0.05, 0.1) is 6.61 Å². The van der Waals surface area contributed by atoms with E-state index in [1.54, 1.807) is 0 Å². The van der Waals surface area contributed by atoms with Crippen LogP contribution in [-0.2, 0) is 4.74 Å². The summed E-state index contributed by atoms with van der Waals surface area (Å²) in [6, 6.07) is 0. The fraction of sp³-hybridized carbons (Fsp3) is 1.00. The van der Waals surface area contributed by atoms with Crippen molar-refractivity contribution >= 4 is 0 Å². The van der Waals surface area contributed by atoms with Crippen LogP contribution >= 0.6 is 0 Å². The molecule has 0 radical (unpaired) electrons. The molecule has 2 heterocycles. The average Bonchev–Trinajstić information content (AvgIpc) is 2.84. The summed E-state index contributed by atoms with van der Waals surface area (Å²) in [5, 5.41) is 2.36. The number of nitrogens with one attached hydrogen (secondary N) is 1. The van der Waals surface area contributed by atoms with Crippen LogP contribution in [-0.4, -0.2) is 43.4 Å². The van der Waals surface area contributed by atoms with Crippen molar-refractivity contribution in [1.29, 1.82) is 0 Å². The third kappa shape index (κ3) is 2.74. The Morgan fingerprint density at radius 2 is 2.12 bits per heavy atom. The van der Waals surface area contributed by atoms with Gasteiger partial charge in [-0.25, -0.2) is 10.4 Å². The van der Waals surface area contributed by atoms with Gasteiger partial charge in [-0.15, -0.1) is 0 Å². The van der Waals surface area contributed by atoms with E-state index in [9.17, 15) is 0 Å². The molecule has 0 aromatic rings. The smallest absolute Gasteiger partial charge is 0.0513 e. The van der Waals surface area contributed by atoms with Crippen LogP contribution in [0, 0.1) is 5.92 Å². The number of nitrogens with zero attached hydrogens (tertiary/aromatic N) is 1. The van der Waals surface area contributed by atoms with Crippen molar-refractivity contribution < 1.29 is 4.74 Å². The minimum atomic E-state index is 0.00778. The fourth-order valence-corrected chi connectivity index (χ4v) is 2.71. The van der Waals surface area contributed by atoms with E-state index in [0.717, 1.165) is 32.7 Å². The summed E-state index contributed by atoms with van der Waals surface area (Å²) in [6.45, 7) is 6.97. The number of ether oxygens (including phenoxy) is 1. The second-order valence-corrected chi connectivity index (χ2v) is 5.34. The number of rotatable bonds is 4. The van der Waals surface area contributed by atoms with Crippen LogP contribution < -0.4 is 11.2 Å². The summed E-state index contributed by atoms with van der Waals surface area (Å²) in [5.41, 5.74) is 9.62. The zero-order chi connectivity index (χ0) is 11.4. The third-order valence-corrected chi connectivity index (χ3v) is 4.02. The molecule has 4 nitrogen and oxygen atoms in total. The predicted octanol–water partition coefficient (Wildman–Crippen LogP) is 0.731. The molecule has 0 spiro atoms. The highest BCUT2D eigenvalue weighted by atomic mass is 16.5. The summed E-state index contributed by atoms with van der Waals surface area (Å²) in [5.74, 6) is 0.555. The zero-order valence-electron chi connectivity index (χ0n) is 10.4. The van der Waals surface area contributed by atoms with Crippen LogP contribution in [0.3, 0.4) is 0 Å². The molecule has 2 rings (SSSR count). The number of hydrogen-bond donors (Lipinski definition) is 2. The van der Waals surface area contributed by atoms with Crippen LogP contribution in [0.5, 0.6) is 0 Å². The average molecular weight is 227 g/mol. The van der Waals surface area contributed by atoms with Gasteiger partial charge < -0.3 is 10.5 Å². The van der Waals surface area contributed by atoms with Crippen LogP contribution in [0.4, 0.5) is 0 Å². The summed E-state index contributed by atoms with van der Waals surface area (Å²) >= 11 is 0. The topological polar surface area (TPSA) is 50.5 Å². The van der Waals surface area contributed by atoms with Crippen molar-refractivity contribution in [2.75, 3.05) is 32.8 Å². The van der Waals surface area contributed by atoms with E-state index in [2.05, 4.69) is 17.4 Å². The van der Waals surface area contributed by atoms with E-state index < -0.39 is 0 Å². The second-order valence-electron chi connectivity index (χ2n) is 5.34. The van der Waals surface area contributed by atoms with Gasteiger partial charge in [0.25, 0.3) is 0 Å². The van der Waals surface area contributed by atoms with Gasteiger partial charge in [-0.2, -0.15) is 0 Å². The standard InChI is InChI=1S/C12H25N3O/c1-12(10-13,11-5-8-16-9-11)14-15-6-3-2-4-7-15/h11,14H,2-10,13H2,1H3. The number of piperidine rings is 1. The lowest BCUT2D eigenvalue weighted by molar-refractivity contribution is 0.0537. The quantitative estimate of drug-likeness (QED) is 0.743. The lowest BCUT2D eigenvalue weighted by Gasteiger charge is -2.41. The molecule has 2 saturated heterocycles. The normalized spacial score (nSPS) is 31.5. The van der Waals surface area contributed by atoms with E-state index in [1.165, 1.54) is 19.3 Å². The zero-order valence-corrected chi connectivity index (χ0v) is 10.4. The Bertz CT molecular complexity index is 212. The fourth-order valence-electron chi connectivity index (χ4n) is 2.71. The van der Waals surface area contributed by atoms with Crippen LogP contribution in [0.15, 0.2) is 0 Å². The minimum Gasteiger partial charge on any atom is -0.381 e. The summed E-state index contributed by atoms with van der Waals surface area (Å²) in [6.07, 6.45) is 5.10. The molecule has 2 aliphatic heterocycles. The Hall–Kier alpha value is -0.160. The van der Waals surface area contributed by atoms with Crippen molar-refractivity contribution in [3.05, 3.63) is 0 Å². The second kappa shape index (κ2) is 5.45. The van der Waals surface area contributed by atoms with Gasteiger partial charge in [-0.1, -0.05) is 6.42 Å². The number of hydrogen-bond acceptors (Lipinski definition) is 4. The molecule has 3 N–H and O–H groups in total. The predicted molar refractivity (Wildman–Crippen MR) is 64.9 cm³/mol. The van der Waals surface area contributed by atoms with Gasteiger partial charge in [0, 0.05) is 37.7 Å². The summed E-state index contributed by atoms with van der Waals surface area (Å²) in [4.78, 5) is 0. The van der Waals surface area contributed by atoms with Gasteiger partial charge in [0.1, 0.15) is 0 Å². The van der Waals surface area contributed by atoms with Crippen molar-refractivity contribution in [1.82, 2.24) is 10.4 Å². The van der Waals surface area contributed by atoms with Gasteiger partial charge in [0.15, 0.2) is 0 Å². The molecule has 0 aromatic carbocycles. The SMILES string of the molecule is CC(CN)(NN1CCCCC1)C1CCOC1. The molecular weight excluding hydrogens is 202 g/mol. The highest BCUT2D eigenvalue weighted by Gasteiger charge is 2.37. The number of hydrazine groups is 1. The maximum atomic E-state index is 5.96. The minimum absolute atomic E-state index is 0.00778. The van der Waals surface area contributed by atoms with Gasteiger partial charge >= 0.3 is 0 Å². The first kappa shape index (κ1) is 12.3. The molecule has 2 unspecified atom stereocenters. The lowest BCUT2D eigenvalue weighted by Crippen LogP contribution is -2.61. The van der Waals surface area contributed by atoms with E-state index in [4.69, 9.17) is 10.5 Å². The molecule has 2 fully saturated rings. The maximum absolute atomic E-state index is 5.96. The molecule has 2 atom stereocenters. The van der Waals surface area contributed by atoms with Gasteiger partial charge in [-0.05, 0) is 26.2 Å².